The molecule has 3 atom stereocenters. The zero-order chi connectivity index (χ0) is 17.5. The predicted molar refractivity (Wildman–Crippen MR) is 98.4 cm³/mol. The molecule has 0 aliphatic heterocycles. The Morgan fingerprint density at radius 2 is 1.71 bits per heavy atom. The molecular formula is C17H16ClNO3S2. The first-order chi connectivity index (χ1) is 11.4. The summed E-state index contributed by atoms with van der Waals surface area (Å²) in [5, 5.41) is -0.160. The predicted octanol–water partition coefficient (Wildman–Crippen LogP) is 3.19. The third-order valence-corrected chi connectivity index (χ3v) is 7.04. The molecule has 0 radical (unpaired) electrons. The minimum absolute atomic E-state index is 0.221. The Labute approximate surface area is 151 Å². The minimum Gasteiger partial charge on any atom is -0.497 e. The van der Waals surface area contributed by atoms with Crippen LogP contribution in [0.5, 0.6) is 5.75 Å². The Morgan fingerprint density at radius 1 is 1.12 bits per heavy atom. The summed E-state index contributed by atoms with van der Waals surface area (Å²) in [6.07, 6.45) is 0. The molecule has 2 N–H and O–H groups in total. The summed E-state index contributed by atoms with van der Waals surface area (Å²) in [6, 6.07) is 13.5. The van der Waals surface area contributed by atoms with E-state index in [1.54, 1.807) is 31.4 Å². The molecular weight excluding hydrogens is 366 g/mol. The first-order valence-corrected chi connectivity index (χ1v) is 9.62. The summed E-state index contributed by atoms with van der Waals surface area (Å²) < 4.78 is 31.0. The average Bonchev–Trinajstić information content (AvgIpc) is 3.32. The number of benzene rings is 2. The van der Waals surface area contributed by atoms with Gasteiger partial charge in [0.25, 0.3) is 0 Å². The summed E-state index contributed by atoms with van der Waals surface area (Å²) in [5.74, 6) is 0.103. The molecule has 0 bridgehead atoms. The number of hydrogen-bond acceptors (Lipinski definition) is 4. The number of halogens is 1. The molecule has 24 heavy (non-hydrogen) atoms. The second kappa shape index (κ2) is 6.35. The Kier molecular flexibility index (Phi) is 4.55. The quantitative estimate of drug-likeness (QED) is 0.805. The largest absolute Gasteiger partial charge is 0.497 e. The Bertz CT molecular complexity index is 864. The van der Waals surface area contributed by atoms with Crippen LogP contribution in [0.3, 0.4) is 0 Å². The number of nitrogens with two attached hydrogens (primary N) is 1. The van der Waals surface area contributed by atoms with Crippen molar-refractivity contribution in [3.8, 4) is 5.75 Å². The monoisotopic (exact) mass is 381 g/mol. The lowest BCUT2D eigenvalue weighted by molar-refractivity contribution is 0.414. The van der Waals surface area contributed by atoms with Crippen LogP contribution in [0.25, 0.3) is 0 Å². The van der Waals surface area contributed by atoms with Gasteiger partial charge < -0.3 is 10.5 Å². The Balaban J connectivity index is 1.96. The fourth-order valence-electron chi connectivity index (χ4n) is 3.01. The lowest BCUT2D eigenvalue weighted by atomic mass is 10.1. The van der Waals surface area contributed by atoms with Gasteiger partial charge in [0.1, 0.15) is 5.75 Å². The molecule has 0 heterocycles. The van der Waals surface area contributed by atoms with Crippen LogP contribution >= 0.6 is 23.8 Å². The van der Waals surface area contributed by atoms with E-state index in [1.165, 1.54) is 12.1 Å². The van der Waals surface area contributed by atoms with Crippen LogP contribution in [0.2, 0.25) is 5.02 Å². The molecule has 4 nitrogen and oxygen atoms in total. The van der Waals surface area contributed by atoms with Crippen molar-refractivity contribution >= 4 is 38.6 Å². The van der Waals surface area contributed by atoms with Crippen LogP contribution in [0.4, 0.5) is 0 Å². The number of thiocarbonyl (C=S) groups is 1. The SMILES string of the molecule is COc1ccc([C@H]2[C@H](C(N)=S)[C@@H]2S(=O)(=O)c2ccc(Cl)cc2)cc1. The van der Waals surface area contributed by atoms with Gasteiger partial charge in [-0.2, -0.15) is 0 Å². The highest BCUT2D eigenvalue weighted by molar-refractivity contribution is 7.92. The fourth-order valence-corrected chi connectivity index (χ4v) is 5.67. The number of methoxy groups -OCH3 is 1. The van der Waals surface area contributed by atoms with Crippen LogP contribution in [0, 0.1) is 5.92 Å². The van der Waals surface area contributed by atoms with Crippen molar-refractivity contribution < 1.29 is 13.2 Å². The van der Waals surface area contributed by atoms with E-state index in [1.807, 2.05) is 12.1 Å². The van der Waals surface area contributed by atoms with Crippen LogP contribution in [0.1, 0.15) is 11.5 Å². The number of sulfone groups is 1. The maximum Gasteiger partial charge on any atom is 0.182 e. The summed E-state index contributed by atoms with van der Waals surface area (Å²) in [7, 11) is -1.97. The van der Waals surface area contributed by atoms with Gasteiger partial charge in [-0.25, -0.2) is 8.42 Å². The van der Waals surface area contributed by atoms with E-state index >= 15 is 0 Å². The van der Waals surface area contributed by atoms with E-state index in [4.69, 9.17) is 34.3 Å². The van der Waals surface area contributed by atoms with Gasteiger partial charge >= 0.3 is 0 Å². The minimum atomic E-state index is -3.55. The smallest absolute Gasteiger partial charge is 0.182 e. The molecule has 2 aromatic rings. The lowest BCUT2D eigenvalue weighted by Crippen LogP contribution is -2.17. The number of rotatable bonds is 5. The lowest BCUT2D eigenvalue weighted by Gasteiger charge is -2.05. The average molecular weight is 382 g/mol. The molecule has 1 aliphatic rings. The molecule has 7 heteroatoms. The highest BCUT2D eigenvalue weighted by Crippen LogP contribution is 2.54. The molecule has 0 saturated heterocycles. The molecule has 1 fully saturated rings. The van der Waals surface area contributed by atoms with E-state index in [0.717, 1.165) is 5.56 Å². The van der Waals surface area contributed by atoms with Crippen LogP contribution in [-0.2, 0) is 9.84 Å². The molecule has 3 rings (SSSR count). The van der Waals surface area contributed by atoms with Crippen molar-refractivity contribution in [2.24, 2.45) is 11.7 Å². The molecule has 0 spiro atoms. The normalized spacial score (nSPS) is 22.8. The number of ether oxygens (including phenoxy) is 1. The molecule has 1 aliphatic carbocycles. The molecule has 2 aromatic carbocycles. The van der Waals surface area contributed by atoms with Crippen molar-refractivity contribution in [3.63, 3.8) is 0 Å². The third kappa shape index (κ3) is 3.01. The molecule has 126 valence electrons. The van der Waals surface area contributed by atoms with Crippen molar-refractivity contribution in [2.75, 3.05) is 7.11 Å². The first-order valence-electron chi connectivity index (χ1n) is 7.29. The van der Waals surface area contributed by atoms with Crippen molar-refractivity contribution in [3.05, 3.63) is 59.1 Å². The molecule has 0 amide bonds. The van der Waals surface area contributed by atoms with E-state index in [0.29, 0.717) is 10.8 Å². The van der Waals surface area contributed by atoms with E-state index < -0.39 is 15.1 Å². The molecule has 1 saturated carbocycles. The third-order valence-electron chi connectivity index (χ3n) is 4.28. The summed E-state index contributed by atoms with van der Waals surface area (Å²) in [4.78, 5) is 0.451. The first kappa shape index (κ1) is 17.2. The number of hydrogen-bond donors (Lipinski definition) is 1. The second-order valence-corrected chi connectivity index (χ2v) is 8.70. The summed E-state index contributed by atoms with van der Waals surface area (Å²) >= 11 is 10.9. The van der Waals surface area contributed by atoms with Crippen molar-refractivity contribution in [2.45, 2.75) is 16.1 Å². The van der Waals surface area contributed by atoms with Gasteiger partial charge in [-0.05, 0) is 42.0 Å². The van der Waals surface area contributed by atoms with E-state index in [2.05, 4.69) is 0 Å². The Morgan fingerprint density at radius 3 is 2.21 bits per heavy atom. The van der Waals surface area contributed by atoms with Gasteiger partial charge in [0.05, 0.1) is 22.2 Å². The van der Waals surface area contributed by atoms with E-state index in [9.17, 15) is 8.42 Å². The van der Waals surface area contributed by atoms with Crippen molar-refractivity contribution in [1.82, 2.24) is 0 Å². The van der Waals surface area contributed by atoms with Crippen LogP contribution in [-0.4, -0.2) is 25.8 Å². The maximum atomic E-state index is 12.9. The van der Waals surface area contributed by atoms with Gasteiger partial charge in [0, 0.05) is 16.9 Å². The van der Waals surface area contributed by atoms with Crippen molar-refractivity contribution in [1.29, 1.82) is 0 Å². The van der Waals surface area contributed by atoms with Crippen LogP contribution in [0.15, 0.2) is 53.4 Å². The maximum absolute atomic E-state index is 12.9. The highest BCUT2D eigenvalue weighted by atomic mass is 35.5. The van der Waals surface area contributed by atoms with E-state index in [-0.39, 0.29) is 21.7 Å². The molecule has 0 aromatic heterocycles. The zero-order valence-corrected chi connectivity index (χ0v) is 15.2. The highest BCUT2D eigenvalue weighted by Gasteiger charge is 2.60. The van der Waals surface area contributed by atoms with Gasteiger partial charge in [-0.15, -0.1) is 0 Å². The standard InChI is InChI=1S/C17H16ClNO3S2/c1-22-12-6-2-10(3-7-12)14-15(17(19)23)16(14)24(20,21)13-8-4-11(18)5-9-13/h2-9,14-16H,1H3,(H2,19,23)/t14-,15-,16+/m0/s1. The fraction of sp³-hybridized carbons (Fsp3) is 0.235. The summed E-state index contributed by atoms with van der Waals surface area (Å²) in [6.45, 7) is 0. The van der Waals surface area contributed by atoms with Gasteiger partial charge in [-0.3, -0.25) is 0 Å². The summed E-state index contributed by atoms with van der Waals surface area (Å²) in [5.41, 5.74) is 6.68. The van der Waals surface area contributed by atoms with Gasteiger partial charge in [-0.1, -0.05) is 36.0 Å². The van der Waals surface area contributed by atoms with Gasteiger partial charge in [0.15, 0.2) is 9.84 Å². The Hall–Kier alpha value is -1.63. The second-order valence-electron chi connectivity index (χ2n) is 5.69. The topological polar surface area (TPSA) is 69.4 Å². The molecule has 0 unspecified atom stereocenters. The van der Waals surface area contributed by atoms with Gasteiger partial charge in [0.2, 0.25) is 0 Å². The zero-order valence-electron chi connectivity index (χ0n) is 12.8. The van der Waals surface area contributed by atoms with Crippen LogP contribution < -0.4 is 10.5 Å².